The van der Waals surface area contributed by atoms with Crippen LogP contribution in [0.15, 0.2) is 5.38 Å². The summed E-state index contributed by atoms with van der Waals surface area (Å²) in [6, 6.07) is -0.208. The first kappa shape index (κ1) is 22.4. The van der Waals surface area contributed by atoms with Gasteiger partial charge >= 0.3 is 12.1 Å². The van der Waals surface area contributed by atoms with E-state index in [-0.39, 0.29) is 24.5 Å². The van der Waals surface area contributed by atoms with Gasteiger partial charge in [-0.05, 0) is 26.7 Å². The third-order valence-electron chi connectivity index (χ3n) is 3.69. The molecular formula is C18H30N2O5S. The van der Waals surface area contributed by atoms with E-state index in [2.05, 4.69) is 4.98 Å². The third kappa shape index (κ3) is 7.29. The van der Waals surface area contributed by atoms with Crippen molar-refractivity contribution in [3.05, 3.63) is 16.1 Å². The first-order valence-corrected chi connectivity index (χ1v) is 9.50. The van der Waals surface area contributed by atoms with Crippen LogP contribution in [0.3, 0.4) is 0 Å². The lowest BCUT2D eigenvalue weighted by atomic mass is 9.97. The Labute approximate surface area is 159 Å². The van der Waals surface area contributed by atoms with Gasteiger partial charge in [0.2, 0.25) is 0 Å². The monoisotopic (exact) mass is 386 g/mol. The van der Waals surface area contributed by atoms with Crippen molar-refractivity contribution < 1.29 is 24.2 Å². The summed E-state index contributed by atoms with van der Waals surface area (Å²) < 4.78 is 10.3. The minimum atomic E-state index is -0.816. The maximum atomic E-state index is 12.3. The molecule has 0 spiro atoms. The summed E-state index contributed by atoms with van der Waals surface area (Å²) in [4.78, 5) is 29.1. The minimum Gasteiger partial charge on any atom is -0.459 e. The Kier molecular flexibility index (Phi) is 8.02. The van der Waals surface area contributed by atoms with Crippen LogP contribution < -0.4 is 0 Å². The zero-order valence-electron chi connectivity index (χ0n) is 16.6. The molecular weight excluding hydrogens is 356 g/mol. The molecule has 0 fully saturated rings. The molecule has 148 valence electrons. The van der Waals surface area contributed by atoms with Gasteiger partial charge in [0, 0.05) is 31.8 Å². The molecule has 0 radical (unpaired) electrons. The van der Waals surface area contributed by atoms with E-state index in [1.165, 1.54) is 23.2 Å². The number of amides is 1. The van der Waals surface area contributed by atoms with E-state index in [4.69, 9.17) is 9.47 Å². The van der Waals surface area contributed by atoms with Crippen molar-refractivity contribution in [1.82, 2.24) is 9.88 Å². The molecule has 26 heavy (non-hydrogen) atoms. The van der Waals surface area contributed by atoms with Gasteiger partial charge in [-0.25, -0.2) is 9.78 Å². The number of rotatable bonds is 7. The van der Waals surface area contributed by atoms with Crippen molar-refractivity contribution in [1.29, 1.82) is 0 Å². The van der Waals surface area contributed by atoms with Crippen LogP contribution in [0.1, 0.15) is 64.8 Å². The summed E-state index contributed by atoms with van der Waals surface area (Å²) >= 11 is 1.31. The Bertz CT molecular complexity index is 609. The Morgan fingerprint density at radius 1 is 1.35 bits per heavy atom. The van der Waals surface area contributed by atoms with Crippen molar-refractivity contribution in [3.8, 4) is 0 Å². The average Bonchev–Trinajstić information content (AvgIpc) is 2.96. The SMILES string of the molecule is CC(=O)OCc1csc(C(O)CC(C(C)C)N(C)C(=O)OC(C)(C)C)n1. The topological polar surface area (TPSA) is 89.0 Å². The quantitative estimate of drug-likeness (QED) is 0.721. The van der Waals surface area contributed by atoms with Crippen LogP contribution in [0.25, 0.3) is 0 Å². The molecule has 0 aromatic carbocycles. The molecule has 2 atom stereocenters. The summed E-state index contributed by atoms with van der Waals surface area (Å²) in [5.41, 5.74) is 0.0210. The molecule has 0 aliphatic heterocycles. The summed E-state index contributed by atoms with van der Waals surface area (Å²) in [5.74, 6) is -0.249. The number of hydrogen-bond donors (Lipinski definition) is 1. The highest BCUT2D eigenvalue weighted by Crippen LogP contribution is 2.27. The fraction of sp³-hybridized carbons (Fsp3) is 0.722. The number of carbonyl (C=O) groups is 2. The molecule has 0 saturated heterocycles. The van der Waals surface area contributed by atoms with Crippen LogP contribution in [0.5, 0.6) is 0 Å². The number of aromatic nitrogens is 1. The second-order valence-electron chi connectivity index (χ2n) is 7.61. The number of carbonyl (C=O) groups excluding carboxylic acids is 2. The predicted octanol–water partition coefficient (Wildman–Crippen LogP) is 3.52. The van der Waals surface area contributed by atoms with Gasteiger partial charge < -0.3 is 19.5 Å². The zero-order valence-corrected chi connectivity index (χ0v) is 17.4. The number of aliphatic hydroxyl groups is 1. The van der Waals surface area contributed by atoms with Crippen molar-refractivity contribution in [3.63, 3.8) is 0 Å². The third-order valence-corrected chi connectivity index (χ3v) is 4.69. The zero-order chi connectivity index (χ0) is 20.1. The first-order chi connectivity index (χ1) is 11.9. The Hall–Kier alpha value is -1.67. The number of esters is 1. The number of hydrogen-bond acceptors (Lipinski definition) is 7. The smallest absolute Gasteiger partial charge is 0.410 e. The lowest BCUT2D eigenvalue weighted by molar-refractivity contribution is -0.142. The Morgan fingerprint density at radius 2 is 1.96 bits per heavy atom. The van der Waals surface area contributed by atoms with Crippen LogP contribution in [-0.2, 0) is 20.9 Å². The second-order valence-corrected chi connectivity index (χ2v) is 8.50. The van der Waals surface area contributed by atoms with E-state index < -0.39 is 17.8 Å². The minimum absolute atomic E-state index is 0.0873. The highest BCUT2D eigenvalue weighted by Gasteiger charge is 2.30. The van der Waals surface area contributed by atoms with E-state index >= 15 is 0 Å². The van der Waals surface area contributed by atoms with Gasteiger partial charge in [0.15, 0.2) is 0 Å². The molecule has 0 aliphatic rings. The van der Waals surface area contributed by atoms with Crippen LogP contribution in [0.2, 0.25) is 0 Å². The fourth-order valence-corrected chi connectivity index (χ4v) is 3.19. The van der Waals surface area contributed by atoms with Crippen LogP contribution in [0, 0.1) is 5.92 Å². The number of nitrogens with zero attached hydrogens (tertiary/aromatic N) is 2. The molecule has 0 saturated carbocycles. The molecule has 1 aromatic rings. The van der Waals surface area contributed by atoms with Gasteiger partial charge in [-0.3, -0.25) is 4.79 Å². The summed E-state index contributed by atoms with van der Waals surface area (Å²) in [7, 11) is 1.68. The van der Waals surface area contributed by atoms with Crippen LogP contribution in [-0.4, -0.2) is 45.7 Å². The molecule has 7 nitrogen and oxygen atoms in total. The largest absolute Gasteiger partial charge is 0.459 e. The molecule has 2 unspecified atom stereocenters. The van der Waals surface area contributed by atoms with Gasteiger partial charge in [-0.15, -0.1) is 11.3 Å². The van der Waals surface area contributed by atoms with E-state index in [0.717, 1.165) is 0 Å². The number of aliphatic hydroxyl groups excluding tert-OH is 1. The van der Waals surface area contributed by atoms with Crippen molar-refractivity contribution in [2.45, 2.75) is 72.3 Å². The van der Waals surface area contributed by atoms with E-state index in [1.54, 1.807) is 12.4 Å². The Balaban J connectivity index is 2.77. The maximum Gasteiger partial charge on any atom is 0.410 e. The number of thiazole rings is 1. The first-order valence-electron chi connectivity index (χ1n) is 8.62. The van der Waals surface area contributed by atoms with Crippen molar-refractivity contribution >= 4 is 23.4 Å². The molecule has 0 aliphatic carbocycles. The van der Waals surface area contributed by atoms with E-state index in [9.17, 15) is 14.7 Å². The van der Waals surface area contributed by atoms with Crippen LogP contribution in [0.4, 0.5) is 4.79 Å². The van der Waals surface area contributed by atoms with Gasteiger partial charge in [0.25, 0.3) is 0 Å². The highest BCUT2D eigenvalue weighted by atomic mass is 32.1. The highest BCUT2D eigenvalue weighted by molar-refractivity contribution is 7.09. The summed E-state index contributed by atoms with van der Waals surface area (Å²) in [6.07, 6.45) is -0.894. The normalized spacial score (nSPS) is 14.0. The molecule has 8 heteroatoms. The molecule has 0 bridgehead atoms. The van der Waals surface area contributed by atoms with Crippen LogP contribution >= 0.6 is 11.3 Å². The standard InChI is InChI=1S/C18H30N2O5S/c1-11(2)14(20(7)17(23)25-18(4,5)6)8-15(22)16-19-13(10-26-16)9-24-12(3)21/h10-11,14-15,22H,8-9H2,1-7H3. The van der Waals surface area contributed by atoms with Gasteiger partial charge in [0.1, 0.15) is 23.3 Å². The number of ether oxygens (including phenoxy) is 2. The van der Waals surface area contributed by atoms with Crippen molar-refractivity contribution in [2.75, 3.05) is 7.05 Å². The summed E-state index contributed by atoms with van der Waals surface area (Å²) in [5, 5.41) is 12.8. The van der Waals surface area contributed by atoms with Gasteiger partial charge in [0.05, 0.1) is 5.69 Å². The van der Waals surface area contributed by atoms with Crippen molar-refractivity contribution in [2.24, 2.45) is 5.92 Å². The second kappa shape index (κ2) is 9.32. The Morgan fingerprint density at radius 3 is 2.46 bits per heavy atom. The predicted molar refractivity (Wildman–Crippen MR) is 99.8 cm³/mol. The van der Waals surface area contributed by atoms with Gasteiger partial charge in [-0.1, -0.05) is 13.8 Å². The average molecular weight is 387 g/mol. The van der Waals surface area contributed by atoms with E-state index in [1.807, 2.05) is 34.6 Å². The fourth-order valence-electron chi connectivity index (χ4n) is 2.39. The molecule has 1 N–H and O–H groups in total. The summed E-state index contributed by atoms with van der Waals surface area (Å²) in [6.45, 7) is 10.9. The molecule has 1 aromatic heterocycles. The molecule has 1 rings (SSSR count). The molecule has 1 heterocycles. The lowest BCUT2D eigenvalue weighted by Gasteiger charge is -2.34. The van der Waals surface area contributed by atoms with Gasteiger partial charge in [-0.2, -0.15) is 0 Å². The lowest BCUT2D eigenvalue weighted by Crippen LogP contribution is -2.44. The maximum absolute atomic E-state index is 12.3. The molecule has 1 amide bonds. The van der Waals surface area contributed by atoms with E-state index in [0.29, 0.717) is 17.1 Å².